The van der Waals surface area contributed by atoms with E-state index in [0.717, 1.165) is 16.7 Å². The number of benzene rings is 5. The summed E-state index contributed by atoms with van der Waals surface area (Å²) in [5, 5.41) is 10.8. The lowest BCUT2D eigenvalue weighted by Gasteiger charge is -2.15. The molecule has 5 aromatic carbocycles. The van der Waals surface area contributed by atoms with E-state index in [2.05, 4.69) is 78.8 Å². The van der Waals surface area contributed by atoms with Crippen LogP contribution < -0.4 is 0 Å². The summed E-state index contributed by atoms with van der Waals surface area (Å²) in [6.45, 7) is 2.27. The minimum atomic E-state index is 0.209. The molecule has 0 aliphatic carbocycles. The minimum absolute atomic E-state index is 0.209. The number of aryl methyl sites for hydroxylation is 1. The molecule has 0 atom stereocenters. The van der Waals surface area contributed by atoms with Gasteiger partial charge in [0.05, 0.1) is 0 Å². The van der Waals surface area contributed by atoms with Gasteiger partial charge in [-0.15, -0.1) is 0 Å². The van der Waals surface area contributed by atoms with Crippen molar-refractivity contribution in [2.45, 2.75) is 13.5 Å². The molecule has 0 aliphatic heterocycles. The maximum Gasteiger partial charge on any atom is 0.106 e. The zero-order valence-electron chi connectivity index (χ0n) is 14.5. The predicted molar refractivity (Wildman–Crippen MR) is 110 cm³/mol. The van der Waals surface area contributed by atoms with Crippen LogP contribution in [0.2, 0.25) is 0 Å². The summed E-state index contributed by atoms with van der Waals surface area (Å²) < 4.78 is 0. The van der Waals surface area contributed by atoms with Crippen LogP contribution >= 0.6 is 0 Å². The van der Waals surface area contributed by atoms with E-state index in [1.165, 1.54) is 37.9 Å². The van der Waals surface area contributed by atoms with Crippen LogP contribution in [-0.4, -0.2) is 0 Å². The van der Waals surface area contributed by atoms with Crippen molar-refractivity contribution in [3.8, 4) is 11.1 Å². The van der Waals surface area contributed by atoms with Crippen LogP contribution in [0, 0.1) is 11.8 Å². The van der Waals surface area contributed by atoms with Crippen molar-refractivity contribution in [2.75, 3.05) is 0 Å². The molecule has 124 valence electrons. The highest BCUT2D eigenvalue weighted by Gasteiger charge is 2.12. The van der Waals surface area contributed by atoms with Crippen molar-refractivity contribution in [3.63, 3.8) is 0 Å². The smallest absolute Gasteiger partial charge is 0.106 e. The van der Waals surface area contributed by atoms with Crippen LogP contribution in [0.5, 0.6) is 0 Å². The van der Waals surface area contributed by atoms with Gasteiger partial charge in [-0.1, -0.05) is 77.5 Å². The highest BCUT2D eigenvalue weighted by molar-refractivity contribution is 6.25. The first-order chi connectivity index (χ1) is 12.7. The third-order valence-corrected chi connectivity index (χ3v) is 5.22. The molecule has 0 N–H and O–H groups in total. The lowest BCUT2D eigenvalue weighted by Crippen LogP contribution is -1.90. The standard InChI is InChI=1S/C24H17NO/c1-15-11-16(14-25-26)13-20(12-15)21-9-7-19-6-5-17-3-2-4-18-8-10-22(21)24(19)23(17)18/h2-13H,14H2,1H3. The van der Waals surface area contributed by atoms with Crippen LogP contribution in [-0.2, 0) is 6.54 Å². The van der Waals surface area contributed by atoms with Gasteiger partial charge in [0.2, 0.25) is 0 Å². The fraction of sp³-hybridized carbons (Fsp3) is 0.0833. The molecule has 0 aromatic heterocycles. The number of hydrogen-bond donors (Lipinski definition) is 0. The van der Waals surface area contributed by atoms with Gasteiger partial charge in [0.1, 0.15) is 6.54 Å². The molecule has 0 unspecified atom stereocenters. The SMILES string of the molecule is Cc1cc(CN=O)cc(-c2ccc3ccc4cccc5ccc2c3c45)c1. The second-order valence-electron chi connectivity index (χ2n) is 6.96. The summed E-state index contributed by atoms with van der Waals surface area (Å²) in [7, 11) is 0. The Morgan fingerprint density at radius 2 is 1.46 bits per heavy atom. The fourth-order valence-corrected chi connectivity index (χ4v) is 4.17. The Morgan fingerprint density at radius 3 is 2.23 bits per heavy atom. The monoisotopic (exact) mass is 335 g/mol. The van der Waals surface area contributed by atoms with Crippen molar-refractivity contribution in [1.82, 2.24) is 0 Å². The number of rotatable bonds is 3. The van der Waals surface area contributed by atoms with E-state index in [1.807, 2.05) is 6.07 Å². The number of nitroso groups, excluding NO2 is 1. The molecule has 0 radical (unpaired) electrons. The molecule has 5 aromatic rings. The molecular weight excluding hydrogens is 318 g/mol. The molecule has 0 heterocycles. The van der Waals surface area contributed by atoms with Gasteiger partial charge in [-0.25, -0.2) is 0 Å². The number of nitrogens with zero attached hydrogens (tertiary/aromatic N) is 1. The van der Waals surface area contributed by atoms with Crippen LogP contribution in [0.1, 0.15) is 11.1 Å². The normalized spacial score (nSPS) is 11.6. The van der Waals surface area contributed by atoms with Gasteiger partial charge in [0.15, 0.2) is 0 Å². The van der Waals surface area contributed by atoms with Gasteiger partial charge in [0.25, 0.3) is 0 Å². The van der Waals surface area contributed by atoms with Crippen molar-refractivity contribution < 1.29 is 0 Å². The second kappa shape index (κ2) is 5.63. The summed E-state index contributed by atoms with van der Waals surface area (Å²) in [6, 6.07) is 26.0. The molecule has 5 rings (SSSR count). The molecule has 0 aliphatic rings. The first-order valence-electron chi connectivity index (χ1n) is 8.81. The summed E-state index contributed by atoms with van der Waals surface area (Å²) in [4.78, 5) is 10.7. The fourth-order valence-electron chi connectivity index (χ4n) is 4.17. The van der Waals surface area contributed by atoms with Crippen molar-refractivity contribution in [3.05, 3.63) is 88.8 Å². The largest absolute Gasteiger partial charge is 0.150 e. The Balaban J connectivity index is 1.88. The predicted octanol–water partition coefficient (Wildman–Crippen LogP) is 6.83. The van der Waals surface area contributed by atoms with E-state index < -0.39 is 0 Å². The van der Waals surface area contributed by atoms with Gasteiger partial charge < -0.3 is 0 Å². The molecule has 0 saturated heterocycles. The van der Waals surface area contributed by atoms with E-state index in [-0.39, 0.29) is 6.54 Å². The molecule has 0 saturated carbocycles. The Kier molecular flexibility index (Phi) is 3.26. The maximum atomic E-state index is 10.7. The van der Waals surface area contributed by atoms with Crippen molar-refractivity contribution >= 4 is 32.3 Å². The Morgan fingerprint density at radius 1 is 0.769 bits per heavy atom. The second-order valence-corrected chi connectivity index (χ2v) is 6.96. The quantitative estimate of drug-likeness (QED) is 0.262. The lowest BCUT2D eigenvalue weighted by atomic mass is 9.89. The average molecular weight is 335 g/mol. The van der Waals surface area contributed by atoms with Crippen molar-refractivity contribution in [1.29, 1.82) is 0 Å². The van der Waals surface area contributed by atoms with Crippen molar-refractivity contribution in [2.24, 2.45) is 5.18 Å². The summed E-state index contributed by atoms with van der Waals surface area (Å²) in [5.41, 5.74) is 4.45. The third-order valence-electron chi connectivity index (χ3n) is 5.22. The Labute approximate surface area is 151 Å². The van der Waals surface area contributed by atoms with Crippen LogP contribution in [0.15, 0.2) is 78.0 Å². The summed E-state index contributed by atoms with van der Waals surface area (Å²) in [5.74, 6) is 0. The van der Waals surface area contributed by atoms with Crippen LogP contribution in [0.25, 0.3) is 43.4 Å². The zero-order valence-corrected chi connectivity index (χ0v) is 14.5. The molecule has 2 heteroatoms. The molecule has 0 bridgehead atoms. The highest BCUT2D eigenvalue weighted by atomic mass is 16.3. The zero-order chi connectivity index (χ0) is 17.7. The minimum Gasteiger partial charge on any atom is -0.150 e. The highest BCUT2D eigenvalue weighted by Crippen LogP contribution is 2.39. The number of hydrogen-bond acceptors (Lipinski definition) is 2. The maximum absolute atomic E-state index is 10.7. The van der Waals surface area contributed by atoms with Gasteiger partial charge >= 0.3 is 0 Å². The first kappa shape index (κ1) is 15.0. The van der Waals surface area contributed by atoms with E-state index in [9.17, 15) is 4.91 Å². The molecule has 26 heavy (non-hydrogen) atoms. The topological polar surface area (TPSA) is 29.4 Å². The Bertz CT molecular complexity index is 1270. The van der Waals surface area contributed by atoms with E-state index in [1.54, 1.807) is 0 Å². The summed E-state index contributed by atoms with van der Waals surface area (Å²) in [6.07, 6.45) is 0. The van der Waals surface area contributed by atoms with Crippen LogP contribution in [0.3, 0.4) is 0 Å². The molecular formula is C24H17NO. The van der Waals surface area contributed by atoms with Gasteiger partial charge in [-0.3, -0.25) is 0 Å². The molecule has 2 nitrogen and oxygen atoms in total. The third kappa shape index (κ3) is 2.19. The van der Waals surface area contributed by atoms with E-state index in [4.69, 9.17) is 0 Å². The summed E-state index contributed by atoms with van der Waals surface area (Å²) >= 11 is 0. The Hall–Kier alpha value is -3.26. The molecule has 0 amide bonds. The van der Waals surface area contributed by atoms with Gasteiger partial charge in [-0.05, 0) is 62.0 Å². The van der Waals surface area contributed by atoms with Crippen LogP contribution in [0.4, 0.5) is 0 Å². The first-order valence-corrected chi connectivity index (χ1v) is 8.81. The van der Waals surface area contributed by atoms with Gasteiger partial charge in [-0.2, -0.15) is 4.91 Å². The van der Waals surface area contributed by atoms with Gasteiger partial charge in [0, 0.05) is 0 Å². The van der Waals surface area contributed by atoms with E-state index >= 15 is 0 Å². The average Bonchev–Trinajstić information content (AvgIpc) is 2.66. The van der Waals surface area contributed by atoms with E-state index in [0.29, 0.717) is 0 Å². The molecule has 0 fully saturated rings. The lowest BCUT2D eigenvalue weighted by molar-refractivity contribution is 1.05. The molecule has 0 spiro atoms.